The largest absolute Gasteiger partial charge is 0.492 e. The third-order valence-electron chi connectivity index (χ3n) is 4.99. The highest BCUT2D eigenvalue weighted by molar-refractivity contribution is 6.00. The molecule has 0 spiro atoms. The Morgan fingerprint density at radius 3 is 2.83 bits per heavy atom. The van der Waals surface area contributed by atoms with Crippen molar-refractivity contribution in [1.82, 2.24) is 5.32 Å². The molecule has 0 radical (unpaired) electrons. The van der Waals surface area contributed by atoms with Crippen LogP contribution in [0, 0.1) is 12.8 Å². The Labute approximate surface area is 169 Å². The van der Waals surface area contributed by atoms with Gasteiger partial charge in [-0.2, -0.15) is 0 Å². The first-order chi connectivity index (χ1) is 14.1. The highest BCUT2D eigenvalue weighted by Gasteiger charge is 2.35. The monoisotopic (exact) mass is 396 g/mol. The topological polar surface area (TPSA) is 77.1 Å². The number of carbonyl (C=O) groups excluding carboxylic acids is 2. The van der Waals surface area contributed by atoms with Crippen LogP contribution >= 0.6 is 0 Å². The maximum Gasteiger partial charge on any atom is 0.227 e. The highest BCUT2D eigenvalue weighted by atomic mass is 16.6. The van der Waals surface area contributed by atoms with Crippen molar-refractivity contribution in [2.75, 3.05) is 37.8 Å². The van der Waals surface area contributed by atoms with Crippen molar-refractivity contribution in [3.05, 3.63) is 48.0 Å². The van der Waals surface area contributed by atoms with Gasteiger partial charge in [-0.05, 0) is 36.8 Å². The molecular weight excluding hydrogens is 372 g/mol. The molecule has 2 aromatic carbocycles. The molecule has 0 aliphatic carbocycles. The van der Waals surface area contributed by atoms with Crippen molar-refractivity contribution < 1.29 is 23.8 Å². The second-order valence-corrected chi connectivity index (χ2v) is 7.19. The van der Waals surface area contributed by atoms with Gasteiger partial charge in [0, 0.05) is 24.7 Å². The molecule has 1 unspecified atom stereocenters. The summed E-state index contributed by atoms with van der Waals surface area (Å²) in [5, 5.41) is 2.86. The Morgan fingerprint density at radius 1 is 1.17 bits per heavy atom. The lowest BCUT2D eigenvalue weighted by Crippen LogP contribution is -2.35. The molecule has 2 heterocycles. The fourth-order valence-corrected chi connectivity index (χ4v) is 3.53. The first-order valence-electron chi connectivity index (χ1n) is 9.77. The summed E-state index contributed by atoms with van der Waals surface area (Å²) in [6.07, 6.45) is 0.193. The summed E-state index contributed by atoms with van der Waals surface area (Å²) in [6.45, 7) is 4.12. The van der Waals surface area contributed by atoms with Crippen LogP contribution in [0.15, 0.2) is 42.5 Å². The smallest absolute Gasteiger partial charge is 0.227 e. The molecule has 7 nitrogen and oxygen atoms in total. The van der Waals surface area contributed by atoms with Gasteiger partial charge in [0.2, 0.25) is 11.8 Å². The Balaban J connectivity index is 1.29. The van der Waals surface area contributed by atoms with Crippen LogP contribution in [-0.2, 0) is 9.59 Å². The van der Waals surface area contributed by atoms with E-state index in [0.717, 1.165) is 17.0 Å². The van der Waals surface area contributed by atoms with Gasteiger partial charge in [0.25, 0.3) is 0 Å². The number of ether oxygens (including phenoxy) is 3. The lowest BCUT2D eigenvalue weighted by atomic mass is 10.1. The van der Waals surface area contributed by atoms with Crippen LogP contribution in [0.2, 0.25) is 0 Å². The molecule has 7 heteroatoms. The summed E-state index contributed by atoms with van der Waals surface area (Å²) in [5.41, 5.74) is 1.84. The molecule has 2 aliphatic heterocycles. The number of amides is 2. The van der Waals surface area contributed by atoms with Crippen LogP contribution in [0.4, 0.5) is 5.69 Å². The highest BCUT2D eigenvalue weighted by Crippen LogP contribution is 2.35. The summed E-state index contributed by atoms with van der Waals surface area (Å²) in [5.74, 6) is 1.50. The molecule has 0 saturated carbocycles. The molecule has 1 N–H and O–H groups in total. The summed E-state index contributed by atoms with van der Waals surface area (Å²) in [7, 11) is 0. The van der Waals surface area contributed by atoms with Gasteiger partial charge in [-0.3, -0.25) is 9.59 Å². The maximum absolute atomic E-state index is 12.5. The zero-order chi connectivity index (χ0) is 20.2. The van der Waals surface area contributed by atoms with Crippen molar-refractivity contribution in [3.63, 3.8) is 0 Å². The molecule has 0 aromatic heterocycles. The average molecular weight is 396 g/mol. The molecular formula is C22H24N2O5. The van der Waals surface area contributed by atoms with Crippen LogP contribution in [-0.4, -0.2) is 44.7 Å². The predicted molar refractivity (Wildman–Crippen MR) is 108 cm³/mol. The molecule has 29 heavy (non-hydrogen) atoms. The minimum atomic E-state index is -0.380. The molecule has 2 aromatic rings. The lowest BCUT2D eigenvalue weighted by Gasteiger charge is -2.22. The van der Waals surface area contributed by atoms with Gasteiger partial charge in [0.05, 0.1) is 12.5 Å². The van der Waals surface area contributed by atoms with Crippen molar-refractivity contribution in [2.45, 2.75) is 13.3 Å². The summed E-state index contributed by atoms with van der Waals surface area (Å²) in [4.78, 5) is 26.6. The molecule has 1 saturated heterocycles. The number of hydrogen-bond acceptors (Lipinski definition) is 5. The fourth-order valence-electron chi connectivity index (χ4n) is 3.53. The van der Waals surface area contributed by atoms with E-state index in [-0.39, 0.29) is 24.2 Å². The number of aryl methyl sites for hydroxylation is 1. The van der Waals surface area contributed by atoms with Crippen molar-refractivity contribution in [2.24, 2.45) is 5.92 Å². The molecule has 2 amide bonds. The van der Waals surface area contributed by atoms with Gasteiger partial charge in [-0.25, -0.2) is 0 Å². The summed E-state index contributed by atoms with van der Waals surface area (Å²) in [6, 6.07) is 13.2. The van der Waals surface area contributed by atoms with Crippen LogP contribution in [0.5, 0.6) is 17.2 Å². The molecule has 2 aliphatic rings. The summed E-state index contributed by atoms with van der Waals surface area (Å²) < 4.78 is 16.7. The van der Waals surface area contributed by atoms with Gasteiger partial charge < -0.3 is 24.4 Å². The Kier molecular flexibility index (Phi) is 5.55. The average Bonchev–Trinajstić information content (AvgIpc) is 3.12. The van der Waals surface area contributed by atoms with Crippen molar-refractivity contribution >= 4 is 17.5 Å². The van der Waals surface area contributed by atoms with E-state index in [2.05, 4.69) is 5.32 Å². The standard InChI is InChI=1S/C22H24N2O5/c1-15-3-2-4-18(11-15)27-8-7-23-22(26)16-12-21(25)24(14-16)17-5-6-19-20(13-17)29-10-9-28-19/h2-6,11,13,16H,7-10,12,14H2,1H3,(H,23,26). The quantitative estimate of drug-likeness (QED) is 0.759. The van der Waals surface area contributed by atoms with E-state index in [9.17, 15) is 9.59 Å². The van der Waals surface area contributed by atoms with Crippen LogP contribution in [0.1, 0.15) is 12.0 Å². The molecule has 4 rings (SSSR count). The first-order valence-corrected chi connectivity index (χ1v) is 9.77. The molecule has 1 fully saturated rings. The number of nitrogens with one attached hydrogen (secondary N) is 1. The van der Waals surface area contributed by atoms with E-state index in [1.807, 2.05) is 37.3 Å². The zero-order valence-electron chi connectivity index (χ0n) is 16.3. The number of hydrogen-bond donors (Lipinski definition) is 1. The number of carbonyl (C=O) groups is 2. The Bertz CT molecular complexity index is 914. The maximum atomic E-state index is 12.5. The summed E-state index contributed by atoms with van der Waals surface area (Å²) >= 11 is 0. The second-order valence-electron chi connectivity index (χ2n) is 7.19. The molecule has 1 atom stereocenters. The van der Waals surface area contributed by atoms with Crippen LogP contribution < -0.4 is 24.4 Å². The van der Waals surface area contributed by atoms with Crippen molar-refractivity contribution in [3.8, 4) is 17.2 Å². The zero-order valence-corrected chi connectivity index (χ0v) is 16.3. The van der Waals surface area contributed by atoms with Gasteiger partial charge in [-0.1, -0.05) is 12.1 Å². The minimum absolute atomic E-state index is 0.0714. The SMILES string of the molecule is Cc1cccc(OCCNC(=O)C2CC(=O)N(c3ccc4c(c3)OCCO4)C2)c1. The lowest BCUT2D eigenvalue weighted by molar-refractivity contribution is -0.126. The number of nitrogens with zero attached hydrogens (tertiary/aromatic N) is 1. The van der Waals surface area contributed by atoms with E-state index < -0.39 is 0 Å². The number of benzene rings is 2. The normalized spacial score (nSPS) is 17.9. The van der Waals surface area contributed by atoms with Crippen LogP contribution in [0.25, 0.3) is 0 Å². The number of fused-ring (bicyclic) bond motifs is 1. The molecule has 0 bridgehead atoms. The minimum Gasteiger partial charge on any atom is -0.492 e. The fraction of sp³-hybridized carbons (Fsp3) is 0.364. The van der Waals surface area contributed by atoms with Gasteiger partial charge in [-0.15, -0.1) is 0 Å². The Morgan fingerprint density at radius 2 is 2.00 bits per heavy atom. The second kappa shape index (κ2) is 8.43. The first kappa shape index (κ1) is 19.1. The van der Waals surface area contributed by atoms with E-state index >= 15 is 0 Å². The van der Waals surface area contributed by atoms with E-state index in [1.165, 1.54) is 0 Å². The van der Waals surface area contributed by atoms with Crippen LogP contribution in [0.3, 0.4) is 0 Å². The third-order valence-corrected chi connectivity index (χ3v) is 4.99. The van der Waals surface area contributed by atoms with E-state index in [0.29, 0.717) is 44.4 Å². The third kappa shape index (κ3) is 4.45. The van der Waals surface area contributed by atoms with Gasteiger partial charge >= 0.3 is 0 Å². The van der Waals surface area contributed by atoms with E-state index in [1.54, 1.807) is 17.0 Å². The van der Waals surface area contributed by atoms with E-state index in [4.69, 9.17) is 14.2 Å². The van der Waals surface area contributed by atoms with Gasteiger partial charge in [0.15, 0.2) is 11.5 Å². The molecule has 152 valence electrons. The number of rotatable bonds is 6. The predicted octanol–water partition coefficient (Wildman–Crippen LogP) is 2.31. The number of anilines is 1. The van der Waals surface area contributed by atoms with Gasteiger partial charge in [0.1, 0.15) is 25.6 Å². The Hall–Kier alpha value is -3.22. The van der Waals surface area contributed by atoms with Crippen molar-refractivity contribution in [1.29, 1.82) is 0 Å².